The van der Waals surface area contributed by atoms with Crippen LogP contribution < -0.4 is 5.32 Å². The first-order valence-corrected chi connectivity index (χ1v) is 10.4. The maximum atomic E-state index is 12.9. The Morgan fingerprint density at radius 1 is 1.52 bits per heavy atom. The van der Waals surface area contributed by atoms with Crippen molar-refractivity contribution in [3.05, 3.63) is 15.4 Å². The Morgan fingerprint density at radius 2 is 2.24 bits per heavy atom. The Bertz CT molecular complexity index is 558. The third-order valence-corrected chi connectivity index (χ3v) is 8.44. The van der Waals surface area contributed by atoms with E-state index in [-0.39, 0.29) is 6.04 Å². The van der Waals surface area contributed by atoms with Gasteiger partial charge in [-0.3, -0.25) is 0 Å². The molecular formula is C14H23BrN2O2S2. The maximum absolute atomic E-state index is 12.9. The number of nitrogens with one attached hydrogen (secondary N) is 1. The molecule has 2 rings (SSSR count). The Hall–Kier alpha value is 0.0500. The van der Waals surface area contributed by atoms with Gasteiger partial charge in [0, 0.05) is 12.6 Å². The molecule has 0 aliphatic carbocycles. The van der Waals surface area contributed by atoms with Gasteiger partial charge in [0.05, 0.1) is 3.79 Å². The molecule has 1 atom stereocenters. The lowest BCUT2D eigenvalue weighted by molar-refractivity contribution is 0.264. The van der Waals surface area contributed by atoms with Crippen molar-refractivity contribution in [2.75, 3.05) is 19.6 Å². The average molecular weight is 395 g/mol. The van der Waals surface area contributed by atoms with Gasteiger partial charge in [-0.05, 0) is 80.2 Å². The van der Waals surface area contributed by atoms with Crippen molar-refractivity contribution < 1.29 is 8.42 Å². The van der Waals surface area contributed by atoms with Crippen LogP contribution in [0, 0.1) is 12.8 Å². The van der Waals surface area contributed by atoms with Crippen LogP contribution in [0.4, 0.5) is 0 Å². The third kappa shape index (κ3) is 4.07. The molecule has 120 valence electrons. The summed E-state index contributed by atoms with van der Waals surface area (Å²) in [6, 6.07) is 1.73. The van der Waals surface area contributed by atoms with Gasteiger partial charge in [0.15, 0.2) is 0 Å². The zero-order chi connectivity index (χ0) is 15.6. The van der Waals surface area contributed by atoms with Gasteiger partial charge in [-0.1, -0.05) is 0 Å². The lowest BCUT2D eigenvalue weighted by Crippen LogP contribution is -2.43. The quantitative estimate of drug-likeness (QED) is 0.833. The highest BCUT2D eigenvalue weighted by Gasteiger charge is 2.31. The van der Waals surface area contributed by atoms with Crippen LogP contribution in [0.1, 0.15) is 32.3 Å². The van der Waals surface area contributed by atoms with Crippen molar-refractivity contribution in [3.8, 4) is 0 Å². The summed E-state index contributed by atoms with van der Waals surface area (Å²) in [5.41, 5.74) is 0.974. The van der Waals surface area contributed by atoms with E-state index in [1.807, 2.05) is 20.8 Å². The lowest BCUT2D eigenvalue weighted by Gasteiger charge is -2.31. The molecule has 0 radical (unpaired) electrons. The highest BCUT2D eigenvalue weighted by atomic mass is 79.9. The molecule has 0 aromatic carbocycles. The van der Waals surface area contributed by atoms with E-state index in [1.165, 1.54) is 11.3 Å². The van der Waals surface area contributed by atoms with Crippen LogP contribution in [0.25, 0.3) is 0 Å². The summed E-state index contributed by atoms with van der Waals surface area (Å²) >= 11 is 4.72. The Balaban J connectivity index is 2.23. The molecule has 21 heavy (non-hydrogen) atoms. The second kappa shape index (κ2) is 7.08. The maximum Gasteiger partial charge on any atom is 0.252 e. The number of piperidine rings is 1. The Kier molecular flexibility index (Phi) is 5.87. The van der Waals surface area contributed by atoms with Gasteiger partial charge in [-0.15, -0.1) is 11.3 Å². The van der Waals surface area contributed by atoms with Gasteiger partial charge >= 0.3 is 0 Å². The minimum atomic E-state index is -3.41. The molecule has 7 heteroatoms. The molecule has 0 saturated carbocycles. The second-order valence-electron chi connectivity index (χ2n) is 5.90. The van der Waals surface area contributed by atoms with Gasteiger partial charge in [-0.2, -0.15) is 4.31 Å². The van der Waals surface area contributed by atoms with Gasteiger partial charge in [-0.25, -0.2) is 8.42 Å². The first-order valence-electron chi connectivity index (χ1n) is 7.31. The number of sulfonamides is 1. The van der Waals surface area contributed by atoms with Crippen molar-refractivity contribution in [2.24, 2.45) is 5.92 Å². The SMILES string of the molecule is Cc1cc(S(=O)(=O)N(CC2CCCNC2)C(C)C)sc1Br. The van der Waals surface area contributed by atoms with E-state index in [0.29, 0.717) is 16.7 Å². The lowest BCUT2D eigenvalue weighted by atomic mass is 9.99. The number of rotatable bonds is 5. The molecule has 4 nitrogen and oxygen atoms in total. The minimum Gasteiger partial charge on any atom is -0.316 e. The molecule has 1 fully saturated rings. The molecule has 1 aromatic rings. The summed E-state index contributed by atoms with van der Waals surface area (Å²) < 4.78 is 28.8. The molecule has 0 amide bonds. The largest absolute Gasteiger partial charge is 0.316 e. The molecule has 1 unspecified atom stereocenters. The number of hydrogen-bond acceptors (Lipinski definition) is 4. The van der Waals surface area contributed by atoms with Crippen LogP contribution in [0.3, 0.4) is 0 Å². The van der Waals surface area contributed by atoms with Gasteiger partial charge in [0.1, 0.15) is 4.21 Å². The van der Waals surface area contributed by atoms with E-state index in [1.54, 1.807) is 10.4 Å². The van der Waals surface area contributed by atoms with E-state index in [4.69, 9.17) is 0 Å². The van der Waals surface area contributed by atoms with Crippen LogP contribution in [0.2, 0.25) is 0 Å². The molecular weight excluding hydrogens is 372 g/mol. The van der Waals surface area contributed by atoms with E-state index >= 15 is 0 Å². The zero-order valence-corrected chi connectivity index (χ0v) is 15.9. The smallest absolute Gasteiger partial charge is 0.252 e. The topological polar surface area (TPSA) is 49.4 Å². The minimum absolute atomic E-state index is 0.0295. The van der Waals surface area contributed by atoms with Crippen LogP contribution in [-0.4, -0.2) is 38.4 Å². The number of hydrogen-bond donors (Lipinski definition) is 1. The predicted molar refractivity (Wildman–Crippen MR) is 91.4 cm³/mol. The van der Waals surface area contributed by atoms with Crippen molar-refractivity contribution in [3.63, 3.8) is 0 Å². The van der Waals surface area contributed by atoms with Crippen LogP contribution >= 0.6 is 27.3 Å². The molecule has 1 saturated heterocycles. The van der Waals surface area contributed by atoms with Crippen molar-refractivity contribution >= 4 is 37.3 Å². The number of aryl methyl sites for hydroxylation is 1. The predicted octanol–water partition coefficient (Wildman–Crippen LogP) is 3.22. The van der Waals surface area contributed by atoms with Gasteiger partial charge < -0.3 is 5.32 Å². The first kappa shape index (κ1) is 17.4. The summed E-state index contributed by atoms with van der Waals surface area (Å²) in [7, 11) is -3.41. The molecule has 1 aromatic heterocycles. The molecule has 1 aliphatic heterocycles. The fourth-order valence-electron chi connectivity index (χ4n) is 2.60. The molecule has 1 N–H and O–H groups in total. The second-order valence-corrected chi connectivity index (χ2v) is 10.4. The first-order chi connectivity index (χ1) is 9.82. The Morgan fingerprint density at radius 3 is 2.71 bits per heavy atom. The van der Waals surface area contributed by atoms with E-state index in [9.17, 15) is 8.42 Å². The van der Waals surface area contributed by atoms with E-state index < -0.39 is 10.0 Å². The van der Waals surface area contributed by atoms with Crippen LogP contribution in [0.5, 0.6) is 0 Å². The standard InChI is InChI=1S/C14H23BrN2O2S2/c1-10(2)17(9-12-5-4-6-16-8-12)21(18,19)13-7-11(3)14(15)20-13/h7,10,12,16H,4-6,8-9H2,1-3H3. The highest BCUT2D eigenvalue weighted by molar-refractivity contribution is 9.11. The molecule has 2 heterocycles. The Labute approximate surface area is 140 Å². The van der Waals surface area contributed by atoms with Crippen molar-refractivity contribution in [2.45, 2.75) is 43.9 Å². The molecule has 1 aliphatic rings. The number of nitrogens with zero attached hydrogens (tertiary/aromatic N) is 1. The van der Waals surface area contributed by atoms with Gasteiger partial charge in [0.2, 0.25) is 0 Å². The summed E-state index contributed by atoms with van der Waals surface area (Å²) in [6.07, 6.45) is 2.22. The summed E-state index contributed by atoms with van der Waals surface area (Å²) in [5.74, 6) is 0.403. The van der Waals surface area contributed by atoms with Crippen molar-refractivity contribution in [1.82, 2.24) is 9.62 Å². The number of halogens is 1. The monoisotopic (exact) mass is 394 g/mol. The average Bonchev–Trinajstić information content (AvgIpc) is 2.77. The molecule has 0 spiro atoms. The fraction of sp³-hybridized carbons (Fsp3) is 0.714. The number of thiophene rings is 1. The summed E-state index contributed by atoms with van der Waals surface area (Å²) in [6.45, 7) is 8.37. The summed E-state index contributed by atoms with van der Waals surface area (Å²) in [5, 5.41) is 3.36. The zero-order valence-electron chi connectivity index (χ0n) is 12.7. The van der Waals surface area contributed by atoms with E-state index in [0.717, 1.165) is 35.3 Å². The van der Waals surface area contributed by atoms with Gasteiger partial charge in [0.25, 0.3) is 10.0 Å². The third-order valence-electron chi connectivity index (χ3n) is 3.81. The normalized spacial score (nSPS) is 20.4. The highest BCUT2D eigenvalue weighted by Crippen LogP contribution is 2.33. The fourth-order valence-corrected chi connectivity index (χ4v) is 6.66. The molecule has 0 bridgehead atoms. The van der Waals surface area contributed by atoms with Crippen LogP contribution in [0.15, 0.2) is 14.1 Å². The summed E-state index contributed by atoms with van der Waals surface area (Å²) in [4.78, 5) is 0. The van der Waals surface area contributed by atoms with Crippen LogP contribution in [-0.2, 0) is 10.0 Å². The van der Waals surface area contributed by atoms with E-state index in [2.05, 4.69) is 21.2 Å². The van der Waals surface area contributed by atoms with Crippen molar-refractivity contribution in [1.29, 1.82) is 0 Å².